The first-order chi connectivity index (χ1) is 8.49. The summed E-state index contributed by atoms with van der Waals surface area (Å²) >= 11 is 4.09. The van der Waals surface area contributed by atoms with Crippen LogP contribution in [0.4, 0.5) is 14.5 Å². The average Bonchev–Trinajstić information content (AvgIpc) is 2.33. The number of hydrogen-bond donors (Lipinski definition) is 1. The molecule has 0 fully saturated rings. The molecule has 4 nitrogen and oxygen atoms in total. The lowest BCUT2D eigenvalue weighted by Crippen LogP contribution is -2.13. The first-order valence-corrected chi connectivity index (χ1v) is 5.99. The van der Waals surface area contributed by atoms with Crippen LogP contribution in [0, 0.1) is 27.7 Å². The van der Waals surface area contributed by atoms with Crippen molar-refractivity contribution in [2.45, 2.75) is 13.3 Å². The van der Waals surface area contributed by atoms with Crippen molar-refractivity contribution in [1.82, 2.24) is 0 Å². The number of ether oxygens (including phenoxy) is 1. The second-order valence-electron chi connectivity index (χ2n) is 3.76. The number of nitro groups is 1. The fourth-order valence-electron chi connectivity index (χ4n) is 1.28. The van der Waals surface area contributed by atoms with Crippen molar-refractivity contribution in [2.75, 3.05) is 12.4 Å². The van der Waals surface area contributed by atoms with Crippen molar-refractivity contribution < 1.29 is 18.4 Å². The van der Waals surface area contributed by atoms with Gasteiger partial charge < -0.3 is 4.74 Å². The largest absolute Gasteiger partial charge is 0.490 e. The Morgan fingerprint density at radius 1 is 1.44 bits per heavy atom. The number of rotatable bonds is 6. The fourth-order valence-corrected chi connectivity index (χ4v) is 1.64. The van der Waals surface area contributed by atoms with Crippen molar-refractivity contribution in [2.24, 2.45) is 5.92 Å². The van der Waals surface area contributed by atoms with Crippen LogP contribution in [-0.4, -0.2) is 17.3 Å². The Labute approximate surface area is 109 Å². The molecule has 0 saturated heterocycles. The third-order valence-corrected chi connectivity index (χ3v) is 3.02. The van der Waals surface area contributed by atoms with Gasteiger partial charge in [0, 0.05) is 12.0 Å². The summed E-state index contributed by atoms with van der Waals surface area (Å²) in [5.41, 5.74) is -0.902. The van der Waals surface area contributed by atoms with E-state index in [1.165, 1.54) is 0 Å². The molecule has 0 aromatic heterocycles. The lowest BCUT2D eigenvalue weighted by molar-refractivity contribution is -0.387. The van der Waals surface area contributed by atoms with Crippen molar-refractivity contribution in [3.8, 4) is 5.75 Å². The summed E-state index contributed by atoms with van der Waals surface area (Å²) in [7, 11) is 0. The SMILES string of the molecule is CCC(CS)COc1cc(F)c([N+](=O)[O-])cc1F. The van der Waals surface area contributed by atoms with Gasteiger partial charge in [0.1, 0.15) is 0 Å². The number of nitro benzene ring substituents is 1. The predicted octanol–water partition coefficient (Wildman–Crippen LogP) is 3.21. The summed E-state index contributed by atoms with van der Waals surface area (Å²) in [6.07, 6.45) is 0.792. The minimum atomic E-state index is -1.12. The Kier molecular flexibility index (Phi) is 5.33. The van der Waals surface area contributed by atoms with Crippen LogP contribution in [0.5, 0.6) is 5.75 Å². The standard InChI is InChI=1S/C11H13F2NO3S/c1-2-7(6-18)5-17-11-4-8(12)10(14(15)16)3-9(11)13/h3-4,7,18H,2,5-6H2,1H3. The summed E-state index contributed by atoms with van der Waals surface area (Å²) in [5, 5.41) is 10.4. The molecule has 0 aliphatic heterocycles. The van der Waals surface area contributed by atoms with E-state index in [-0.39, 0.29) is 18.3 Å². The predicted molar refractivity (Wildman–Crippen MR) is 66.1 cm³/mol. The quantitative estimate of drug-likeness (QED) is 0.493. The van der Waals surface area contributed by atoms with Crippen molar-refractivity contribution in [1.29, 1.82) is 0 Å². The van der Waals surface area contributed by atoms with Crippen LogP contribution in [0.25, 0.3) is 0 Å². The van der Waals surface area contributed by atoms with Crippen LogP contribution < -0.4 is 4.74 Å². The molecule has 0 heterocycles. The molecule has 1 aromatic rings. The summed E-state index contributed by atoms with van der Waals surface area (Å²) < 4.78 is 31.8. The molecule has 0 aliphatic carbocycles. The molecule has 0 amide bonds. The van der Waals surface area contributed by atoms with Crippen molar-refractivity contribution in [3.63, 3.8) is 0 Å². The number of thiol groups is 1. The zero-order valence-electron chi connectivity index (χ0n) is 9.73. The fraction of sp³-hybridized carbons (Fsp3) is 0.455. The van der Waals surface area contributed by atoms with Gasteiger partial charge in [-0.05, 0) is 12.2 Å². The number of halogens is 2. The minimum Gasteiger partial charge on any atom is -0.490 e. The van der Waals surface area contributed by atoms with Gasteiger partial charge >= 0.3 is 5.69 Å². The van der Waals surface area contributed by atoms with E-state index < -0.39 is 22.2 Å². The summed E-state index contributed by atoms with van der Waals surface area (Å²) in [6, 6.07) is 1.21. The van der Waals surface area contributed by atoms with Crippen LogP contribution in [0.1, 0.15) is 13.3 Å². The lowest BCUT2D eigenvalue weighted by Gasteiger charge is -2.13. The third kappa shape index (κ3) is 3.56. The van der Waals surface area contributed by atoms with Crippen LogP contribution >= 0.6 is 12.6 Å². The van der Waals surface area contributed by atoms with E-state index in [1.807, 2.05) is 6.92 Å². The Balaban J connectivity index is 2.85. The van der Waals surface area contributed by atoms with E-state index in [1.54, 1.807) is 0 Å². The van der Waals surface area contributed by atoms with Gasteiger partial charge in [-0.3, -0.25) is 10.1 Å². The first-order valence-electron chi connectivity index (χ1n) is 5.36. The summed E-state index contributed by atoms with van der Waals surface area (Å²) in [5.74, 6) is -1.70. The molecule has 7 heteroatoms. The van der Waals surface area contributed by atoms with E-state index in [9.17, 15) is 18.9 Å². The van der Waals surface area contributed by atoms with Gasteiger partial charge in [0.05, 0.1) is 17.6 Å². The summed E-state index contributed by atoms with van der Waals surface area (Å²) in [6.45, 7) is 2.12. The molecule has 0 spiro atoms. The molecule has 1 aromatic carbocycles. The van der Waals surface area contributed by atoms with Crippen molar-refractivity contribution >= 4 is 18.3 Å². The van der Waals surface area contributed by atoms with Crippen LogP contribution in [0.3, 0.4) is 0 Å². The lowest BCUT2D eigenvalue weighted by atomic mass is 10.1. The molecular formula is C11H13F2NO3S. The van der Waals surface area contributed by atoms with E-state index in [4.69, 9.17) is 4.74 Å². The number of benzene rings is 1. The normalized spacial score (nSPS) is 12.2. The Bertz CT molecular complexity index is 439. The van der Waals surface area contributed by atoms with Gasteiger partial charge in [0.2, 0.25) is 5.82 Å². The minimum absolute atomic E-state index is 0.117. The van der Waals surface area contributed by atoms with Crippen LogP contribution in [0.15, 0.2) is 12.1 Å². The molecule has 18 heavy (non-hydrogen) atoms. The molecule has 0 bridgehead atoms. The highest BCUT2D eigenvalue weighted by atomic mass is 32.1. The molecule has 1 atom stereocenters. The zero-order valence-corrected chi connectivity index (χ0v) is 10.6. The first kappa shape index (κ1) is 14.7. The van der Waals surface area contributed by atoms with Gasteiger partial charge in [-0.2, -0.15) is 17.0 Å². The maximum Gasteiger partial charge on any atom is 0.307 e. The third-order valence-electron chi connectivity index (χ3n) is 2.51. The van der Waals surface area contributed by atoms with E-state index >= 15 is 0 Å². The van der Waals surface area contributed by atoms with Crippen LogP contribution in [0.2, 0.25) is 0 Å². The van der Waals surface area contributed by atoms with Gasteiger partial charge in [-0.25, -0.2) is 4.39 Å². The van der Waals surface area contributed by atoms with Gasteiger partial charge in [-0.15, -0.1) is 0 Å². The van der Waals surface area contributed by atoms with E-state index in [0.717, 1.165) is 6.42 Å². The molecule has 0 radical (unpaired) electrons. The Hall–Kier alpha value is -1.37. The monoisotopic (exact) mass is 277 g/mol. The van der Waals surface area contributed by atoms with Gasteiger partial charge in [-0.1, -0.05) is 6.92 Å². The Morgan fingerprint density at radius 2 is 2.11 bits per heavy atom. The maximum absolute atomic E-state index is 13.4. The van der Waals surface area contributed by atoms with E-state index in [0.29, 0.717) is 17.9 Å². The summed E-state index contributed by atoms with van der Waals surface area (Å²) in [4.78, 5) is 9.41. The Morgan fingerprint density at radius 3 is 2.61 bits per heavy atom. The molecule has 100 valence electrons. The molecular weight excluding hydrogens is 264 g/mol. The maximum atomic E-state index is 13.4. The highest BCUT2D eigenvalue weighted by molar-refractivity contribution is 7.80. The van der Waals surface area contributed by atoms with Gasteiger partial charge in [0.15, 0.2) is 11.6 Å². The molecule has 1 unspecified atom stereocenters. The number of hydrogen-bond acceptors (Lipinski definition) is 4. The highest BCUT2D eigenvalue weighted by Gasteiger charge is 2.19. The topological polar surface area (TPSA) is 52.4 Å². The molecule has 1 rings (SSSR count). The van der Waals surface area contributed by atoms with Crippen molar-refractivity contribution in [3.05, 3.63) is 33.9 Å². The second-order valence-corrected chi connectivity index (χ2v) is 4.12. The zero-order chi connectivity index (χ0) is 13.7. The van der Waals surface area contributed by atoms with Gasteiger partial charge in [0.25, 0.3) is 0 Å². The number of nitrogens with zero attached hydrogens (tertiary/aromatic N) is 1. The molecule has 0 N–H and O–H groups in total. The highest BCUT2D eigenvalue weighted by Crippen LogP contribution is 2.26. The smallest absolute Gasteiger partial charge is 0.307 e. The molecule has 0 saturated carbocycles. The van der Waals surface area contributed by atoms with Crippen LogP contribution in [-0.2, 0) is 0 Å². The molecule has 0 aliphatic rings. The second kappa shape index (κ2) is 6.53. The van der Waals surface area contributed by atoms with E-state index in [2.05, 4.69) is 12.6 Å². The average molecular weight is 277 g/mol.